The van der Waals surface area contributed by atoms with Crippen LogP contribution >= 0.6 is 0 Å². The number of carbonyl (C=O) groups is 1. The van der Waals surface area contributed by atoms with Crippen molar-refractivity contribution in [3.63, 3.8) is 0 Å². The van der Waals surface area contributed by atoms with Crippen molar-refractivity contribution in [2.45, 2.75) is 78.3 Å². The highest BCUT2D eigenvalue weighted by Crippen LogP contribution is 2.27. The summed E-state index contributed by atoms with van der Waals surface area (Å²) in [6.45, 7) is 8.54. The Morgan fingerprint density at radius 2 is 1.83 bits per heavy atom. The first kappa shape index (κ1) is 15.5. The highest BCUT2D eigenvalue weighted by molar-refractivity contribution is 5.76. The molecular formula is C15H30N2O. The summed E-state index contributed by atoms with van der Waals surface area (Å²) in [5, 5.41) is 3.10. The lowest BCUT2D eigenvalue weighted by molar-refractivity contribution is -0.122. The van der Waals surface area contributed by atoms with Crippen LogP contribution in [0.25, 0.3) is 0 Å². The van der Waals surface area contributed by atoms with Crippen molar-refractivity contribution in [1.82, 2.24) is 5.32 Å². The molecule has 1 saturated carbocycles. The first-order valence-corrected chi connectivity index (χ1v) is 7.34. The standard InChI is InChI=1S/C15H30N2O/c1-11(15(2,3)4)17-14(18)10-7-12-5-8-13(16)9-6-12/h11-13H,5-10,16H2,1-4H3,(H,17,18). The quantitative estimate of drug-likeness (QED) is 0.810. The second kappa shape index (κ2) is 6.55. The molecule has 0 aliphatic heterocycles. The Balaban J connectivity index is 2.21. The maximum Gasteiger partial charge on any atom is 0.220 e. The second-order valence-corrected chi connectivity index (χ2v) is 6.97. The minimum atomic E-state index is 0.132. The van der Waals surface area contributed by atoms with Crippen molar-refractivity contribution in [2.75, 3.05) is 0 Å². The van der Waals surface area contributed by atoms with E-state index in [0.29, 0.717) is 18.4 Å². The lowest BCUT2D eigenvalue weighted by Gasteiger charge is -2.29. The number of rotatable bonds is 4. The van der Waals surface area contributed by atoms with E-state index >= 15 is 0 Å². The summed E-state index contributed by atoms with van der Waals surface area (Å²) in [6.07, 6.45) is 6.34. The molecule has 0 aromatic heterocycles. The molecule has 1 unspecified atom stereocenters. The molecule has 1 aliphatic carbocycles. The lowest BCUT2D eigenvalue weighted by Crippen LogP contribution is -2.41. The predicted molar refractivity (Wildman–Crippen MR) is 76.2 cm³/mol. The van der Waals surface area contributed by atoms with Crippen molar-refractivity contribution in [3.05, 3.63) is 0 Å². The fraction of sp³-hybridized carbons (Fsp3) is 0.933. The van der Waals surface area contributed by atoms with E-state index in [1.165, 1.54) is 12.8 Å². The molecule has 106 valence electrons. The molecule has 3 heteroatoms. The smallest absolute Gasteiger partial charge is 0.220 e. The minimum absolute atomic E-state index is 0.132. The van der Waals surface area contributed by atoms with Gasteiger partial charge in [-0.05, 0) is 50.4 Å². The van der Waals surface area contributed by atoms with E-state index in [4.69, 9.17) is 5.73 Å². The highest BCUT2D eigenvalue weighted by Gasteiger charge is 2.23. The van der Waals surface area contributed by atoms with Crippen molar-refractivity contribution in [3.8, 4) is 0 Å². The molecule has 0 bridgehead atoms. The van der Waals surface area contributed by atoms with Crippen molar-refractivity contribution >= 4 is 5.91 Å². The summed E-state index contributed by atoms with van der Waals surface area (Å²) in [4.78, 5) is 11.9. The zero-order valence-electron chi connectivity index (χ0n) is 12.5. The van der Waals surface area contributed by atoms with Gasteiger partial charge in [-0.2, -0.15) is 0 Å². The van der Waals surface area contributed by atoms with E-state index in [-0.39, 0.29) is 17.4 Å². The molecule has 0 spiro atoms. The molecule has 0 saturated heterocycles. The van der Waals surface area contributed by atoms with Gasteiger partial charge in [-0.3, -0.25) is 4.79 Å². The molecule has 1 amide bonds. The first-order valence-electron chi connectivity index (χ1n) is 7.34. The van der Waals surface area contributed by atoms with Crippen molar-refractivity contribution < 1.29 is 4.79 Å². The van der Waals surface area contributed by atoms with Crippen LogP contribution in [0.4, 0.5) is 0 Å². The van der Waals surface area contributed by atoms with E-state index < -0.39 is 0 Å². The number of hydrogen-bond acceptors (Lipinski definition) is 2. The summed E-state index contributed by atoms with van der Waals surface area (Å²) in [7, 11) is 0. The monoisotopic (exact) mass is 254 g/mol. The molecule has 1 atom stereocenters. The number of amides is 1. The average Bonchev–Trinajstić information content (AvgIpc) is 2.27. The van der Waals surface area contributed by atoms with Gasteiger partial charge >= 0.3 is 0 Å². The molecular weight excluding hydrogens is 224 g/mol. The summed E-state index contributed by atoms with van der Waals surface area (Å²) in [5.41, 5.74) is 6.02. The van der Waals surface area contributed by atoms with E-state index in [1.807, 2.05) is 0 Å². The molecule has 0 aromatic rings. The average molecular weight is 254 g/mol. The van der Waals surface area contributed by atoms with Crippen LogP contribution in [0.5, 0.6) is 0 Å². The van der Waals surface area contributed by atoms with Crippen LogP contribution in [-0.2, 0) is 4.79 Å². The summed E-state index contributed by atoms with van der Waals surface area (Å²) in [5.74, 6) is 0.910. The number of carbonyl (C=O) groups excluding carboxylic acids is 1. The lowest BCUT2D eigenvalue weighted by atomic mass is 9.83. The van der Waals surface area contributed by atoms with Gasteiger partial charge in [0.15, 0.2) is 0 Å². The van der Waals surface area contributed by atoms with Gasteiger partial charge in [-0.1, -0.05) is 20.8 Å². The first-order chi connectivity index (χ1) is 8.29. The zero-order valence-corrected chi connectivity index (χ0v) is 12.5. The molecule has 1 aliphatic rings. The van der Waals surface area contributed by atoms with Crippen LogP contribution in [0.2, 0.25) is 0 Å². The number of nitrogens with two attached hydrogens (primary N) is 1. The van der Waals surface area contributed by atoms with Crippen molar-refractivity contribution in [2.24, 2.45) is 17.1 Å². The zero-order chi connectivity index (χ0) is 13.8. The van der Waals surface area contributed by atoms with Crippen LogP contribution in [0.15, 0.2) is 0 Å². The van der Waals surface area contributed by atoms with Crippen LogP contribution in [0.3, 0.4) is 0 Å². The van der Waals surface area contributed by atoms with Gasteiger partial charge in [-0.15, -0.1) is 0 Å². The van der Waals surface area contributed by atoms with Crippen LogP contribution < -0.4 is 11.1 Å². The maximum absolute atomic E-state index is 11.9. The topological polar surface area (TPSA) is 55.1 Å². The molecule has 0 aromatic carbocycles. The fourth-order valence-corrected chi connectivity index (χ4v) is 2.34. The highest BCUT2D eigenvalue weighted by atomic mass is 16.1. The van der Waals surface area contributed by atoms with Gasteiger partial charge in [0.25, 0.3) is 0 Å². The number of hydrogen-bond donors (Lipinski definition) is 2. The van der Waals surface area contributed by atoms with Crippen LogP contribution in [0, 0.1) is 11.3 Å². The summed E-state index contributed by atoms with van der Waals surface area (Å²) < 4.78 is 0. The molecule has 1 fully saturated rings. The Kier molecular flexibility index (Phi) is 5.64. The number of nitrogens with one attached hydrogen (secondary N) is 1. The van der Waals surface area contributed by atoms with Gasteiger partial charge in [0, 0.05) is 18.5 Å². The molecule has 0 heterocycles. The Labute approximate surface area is 112 Å². The molecule has 1 rings (SSSR count). The van der Waals surface area contributed by atoms with E-state index in [2.05, 4.69) is 33.0 Å². The minimum Gasteiger partial charge on any atom is -0.353 e. The Morgan fingerprint density at radius 1 is 1.28 bits per heavy atom. The van der Waals surface area contributed by atoms with Gasteiger partial charge < -0.3 is 11.1 Å². The van der Waals surface area contributed by atoms with Crippen LogP contribution in [0.1, 0.15) is 66.2 Å². The molecule has 3 N–H and O–H groups in total. The third kappa shape index (κ3) is 5.38. The molecule has 18 heavy (non-hydrogen) atoms. The normalized spacial score (nSPS) is 26.7. The van der Waals surface area contributed by atoms with Crippen LogP contribution in [-0.4, -0.2) is 18.0 Å². The summed E-state index contributed by atoms with van der Waals surface area (Å²) in [6, 6.07) is 0.626. The van der Waals surface area contributed by atoms with Crippen molar-refractivity contribution in [1.29, 1.82) is 0 Å². The third-order valence-electron chi connectivity index (χ3n) is 4.35. The Hall–Kier alpha value is -0.570. The van der Waals surface area contributed by atoms with E-state index in [1.54, 1.807) is 0 Å². The SMILES string of the molecule is CC(NC(=O)CCC1CCC(N)CC1)C(C)(C)C. The Morgan fingerprint density at radius 3 is 2.33 bits per heavy atom. The van der Waals surface area contributed by atoms with Gasteiger partial charge in [0.1, 0.15) is 0 Å². The molecule has 3 nitrogen and oxygen atoms in total. The van der Waals surface area contributed by atoms with Gasteiger partial charge in [0.05, 0.1) is 0 Å². The predicted octanol–water partition coefficient (Wildman–Crippen LogP) is 2.83. The summed E-state index contributed by atoms with van der Waals surface area (Å²) >= 11 is 0. The van der Waals surface area contributed by atoms with E-state index in [0.717, 1.165) is 19.3 Å². The largest absolute Gasteiger partial charge is 0.353 e. The fourth-order valence-electron chi connectivity index (χ4n) is 2.34. The second-order valence-electron chi connectivity index (χ2n) is 6.97. The van der Waals surface area contributed by atoms with Gasteiger partial charge in [0.2, 0.25) is 5.91 Å². The van der Waals surface area contributed by atoms with E-state index in [9.17, 15) is 4.79 Å². The maximum atomic E-state index is 11.9. The van der Waals surface area contributed by atoms with Gasteiger partial charge in [-0.25, -0.2) is 0 Å². The third-order valence-corrected chi connectivity index (χ3v) is 4.35. The molecule has 0 radical (unpaired) electrons. The Bertz CT molecular complexity index is 262.